The SMILES string of the molecule is O=C([C@@H]1CCCN(c2c(-c3ccccc3)c3cc(Cl)ccc3[nH]c2=O)C1)N1CCC(Cc2ccccc2)CC1. The second-order valence-electron chi connectivity index (χ2n) is 11.0. The summed E-state index contributed by atoms with van der Waals surface area (Å²) in [5, 5.41) is 1.54. The van der Waals surface area contributed by atoms with Crippen LogP contribution in [0.1, 0.15) is 31.2 Å². The predicted molar refractivity (Wildman–Crippen MR) is 159 cm³/mol. The number of anilines is 1. The first kappa shape index (κ1) is 25.7. The summed E-state index contributed by atoms with van der Waals surface area (Å²) in [7, 11) is 0. The Kier molecular flexibility index (Phi) is 7.43. The molecule has 2 aliphatic rings. The van der Waals surface area contributed by atoms with E-state index in [1.54, 1.807) is 6.07 Å². The van der Waals surface area contributed by atoms with Crippen molar-refractivity contribution in [3.05, 3.63) is 99.8 Å². The van der Waals surface area contributed by atoms with Crippen molar-refractivity contribution in [2.45, 2.75) is 32.1 Å². The highest BCUT2D eigenvalue weighted by Gasteiger charge is 2.33. The summed E-state index contributed by atoms with van der Waals surface area (Å²) < 4.78 is 0. The van der Waals surface area contributed by atoms with Crippen molar-refractivity contribution in [1.29, 1.82) is 0 Å². The van der Waals surface area contributed by atoms with Crippen LogP contribution >= 0.6 is 11.6 Å². The number of nitrogens with one attached hydrogen (secondary N) is 1. The van der Waals surface area contributed by atoms with Crippen molar-refractivity contribution in [1.82, 2.24) is 9.88 Å². The minimum absolute atomic E-state index is 0.109. The van der Waals surface area contributed by atoms with Crippen LogP contribution in [0.3, 0.4) is 0 Å². The second kappa shape index (κ2) is 11.3. The number of amides is 1. The molecule has 2 fully saturated rings. The maximum atomic E-state index is 13.7. The molecule has 2 saturated heterocycles. The van der Waals surface area contributed by atoms with Crippen molar-refractivity contribution in [2.75, 3.05) is 31.1 Å². The fourth-order valence-electron chi connectivity index (χ4n) is 6.40. The topological polar surface area (TPSA) is 56.4 Å². The zero-order valence-electron chi connectivity index (χ0n) is 22.1. The minimum Gasteiger partial charge on any atom is -0.366 e. The Morgan fingerprint density at radius 3 is 2.36 bits per heavy atom. The van der Waals surface area contributed by atoms with Gasteiger partial charge in [0.1, 0.15) is 5.69 Å². The molecule has 5 nitrogen and oxygen atoms in total. The molecule has 3 aromatic carbocycles. The van der Waals surface area contributed by atoms with Crippen LogP contribution < -0.4 is 10.5 Å². The maximum Gasteiger partial charge on any atom is 0.272 e. The number of carbonyl (C=O) groups excluding carboxylic acids is 1. The van der Waals surface area contributed by atoms with Gasteiger partial charge >= 0.3 is 0 Å². The Hall–Kier alpha value is -3.57. The Labute approximate surface area is 234 Å². The number of carbonyl (C=O) groups is 1. The summed E-state index contributed by atoms with van der Waals surface area (Å²) >= 11 is 6.41. The second-order valence-corrected chi connectivity index (χ2v) is 11.4. The molecule has 3 heterocycles. The molecule has 2 aliphatic heterocycles. The van der Waals surface area contributed by atoms with E-state index in [1.165, 1.54) is 5.56 Å². The van der Waals surface area contributed by atoms with Gasteiger partial charge in [-0.2, -0.15) is 0 Å². The molecule has 0 spiro atoms. The number of aromatic amines is 1. The summed E-state index contributed by atoms with van der Waals surface area (Å²) in [4.78, 5) is 34.5. The van der Waals surface area contributed by atoms with Gasteiger partial charge < -0.3 is 14.8 Å². The molecule has 0 unspecified atom stereocenters. The van der Waals surface area contributed by atoms with Crippen LogP contribution in [0.5, 0.6) is 0 Å². The first-order valence-electron chi connectivity index (χ1n) is 14.1. The molecular formula is C33H34ClN3O2. The molecule has 0 aliphatic carbocycles. The number of benzene rings is 3. The highest BCUT2D eigenvalue weighted by molar-refractivity contribution is 6.31. The number of H-pyrrole nitrogens is 1. The van der Waals surface area contributed by atoms with Gasteiger partial charge in [-0.1, -0.05) is 72.3 Å². The minimum atomic E-state index is -0.126. The van der Waals surface area contributed by atoms with Crippen LogP contribution in [0, 0.1) is 11.8 Å². The van der Waals surface area contributed by atoms with Crippen LogP contribution in [0.15, 0.2) is 83.7 Å². The number of piperidine rings is 2. The van der Waals surface area contributed by atoms with Crippen LogP contribution in [0.25, 0.3) is 22.0 Å². The van der Waals surface area contributed by atoms with Gasteiger partial charge in [0.05, 0.1) is 5.92 Å². The number of hydrogen-bond acceptors (Lipinski definition) is 3. The van der Waals surface area contributed by atoms with Gasteiger partial charge in [-0.05, 0) is 67.3 Å². The number of likely N-dealkylation sites (tertiary alicyclic amines) is 1. The average Bonchev–Trinajstić information content (AvgIpc) is 2.98. The fraction of sp³-hybridized carbons (Fsp3) is 0.333. The van der Waals surface area contributed by atoms with Crippen LogP contribution in [0.4, 0.5) is 5.69 Å². The van der Waals surface area contributed by atoms with Crippen LogP contribution in [-0.4, -0.2) is 42.0 Å². The number of aromatic nitrogens is 1. The Morgan fingerprint density at radius 2 is 1.62 bits per heavy atom. The van der Waals surface area contributed by atoms with E-state index in [0.717, 1.165) is 73.8 Å². The normalized spacial score (nSPS) is 18.4. The van der Waals surface area contributed by atoms with E-state index in [-0.39, 0.29) is 17.4 Å². The van der Waals surface area contributed by atoms with E-state index in [2.05, 4.69) is 45.1 Å². The molecule has 1 atom stereocenters. The van der Waals surface area contributed by atoms with Gasteiger partial charge in [-0.15, -0.1) is 0 Å². The molecule has 0 saturated carbocycles. The van der Waals surface area contributed by atoms with Crippen molar-refractivity contribution in [3.8, 4) is 11.1 Å². The highest BCUT2D eigenvalue weighted by Crippen LogP contribution is 2.37. The van der Waals surface area contributed by atoms with E-state index in [0.29, 0.717) is 23.2 Å². The fourth-order valence-corrected chi connectivity index (χ4v) is 6.57. The molecule has 1 amide bonds. The lowest BCUT2D eigenvalue weighted by atomic mass is 9.88. The van der Waals surface area contributed by atoms with Gasteiger partial charge in [0.15, 0.2) is 0 Å². The van der Waals surface area contributed by atoms with Crippen LogP contribution in [0.2, 0.25) is 5.02 Å². The van der Waals surface area contributed by atoms with Crippen LogP contribution in [-0.2, 0) is 11.2 Å². The summed E-state index contributed by atoms with van der Waals surface area (Å²) in [5.41, 5.74) is 4.50. The van der Waals surface area contributed by atoms with Crippen molar-refractivity contribution in [2.24, 2.45) is 11.8 Å². The number of halogens is 1. The van der Waals surface area contributed by atoms with E-state index in [1.807, 2.05) is 42.5 Å². The van der Waals surface area contributed by atoms with E-state index < -0.39 is 0 Å². The Morgan fingerprint density at radius 1 is 0.897 bits per heavy atom. The molecule has 200 valence electrons. The highest BCUT2D eigenvalue weighted by atomic mass is 35.5. The zero-order valence-corrected chi connectivity index (χ0v) is 22.9. The standard InChI is InChI=1S/C33H34ClN3O2/c34-27-13-14-29-28(21-27)30(25-10-5-2-6-11-25)31(32(38)35-29)37-17-7-12-26(22-37)33(39)36-18-15-24(16-19-36)20-23-8-3-1-4-9-23/h1-6,8-11,13-14,21,24,26H,7,12,15-20,22H2,(H,35,38)/t26-/m1/s1. The lowest BCUT2D eigenvalue weighted by Gasteiger charge is -2.39. The largest absolute Gasteiger partial charge is 0.366 e. The van der Waals surface area contributed by atoms with Gasteiger partial charge in [0.2, 0.25) is 5.91 Å². The predicted octanol–water partition coefficient (Wildman–Crippen LogP) is 6.55. The quantitative estimate of drug-likeness (QED) is 0.313. The molecule has 0 radical (unpaired) electrons. The Bertz CT molecular complexity index is 1510. The third-order valence-corrected chi connectivity index (χ3v) is 8.63. The van der Waals surface area contributed by atoms with Gasteiger partial charge in [-0.3, -0.25) is 9.59 Å². The summed E-state index contributed by atoms with van der Waals surface area (Å²) in [6.45, 7) is 2.93. The monoisotopic (exact) mass is 539 g/mol. The summed E-state index contributed by atoms with van der Waals surface area (Å²) in [6.07, 6.45) is 4.90. The molecule has 0 bridgehead atoms. The smallest absolute Gasteiger partial charge is 0.272 e. The maximum absolute atomic E-state index is 13.7. The zero-order chi connectivity index (χ0) is 26.8. The van der Waals surface area contributed by atoms with Crippen molar-refractivity contribution in [3.63, 3.8) is 0 Å². The molecule has 39 heavy (non-hydrogen) atoms. The lowest BCUT2D eigenvalue weighted by Crippen LogP contribution is -2.48. The van der Waals surface area contributed by atoms with E-state index in [9.17, 15) is 9.59 Å². The number of hydrogen-bond donors (Lipinski definition) is 1. The summed E-state index contributed by atoms with van der Waals surface area (Å²) in [5.74, 6) is 0.748. The third kappa shape index (κ3) is 5.46. The number of rotatable bonds is 5. The third-order valence-electron chi connectivity index (χ3n) is 8.39. The molecule has 4 aromatic rings. The first-order chi connectivity index (χ1) is 19.1. The number of pyridine rings is 1. The first-order valence-corrected chi connectivity index (χ1v) is 14.4. The van der Waals surface area contributed by atoms with E-state index in [4.69, 9.17) is 11.6 Å². The summed E-state index contributed by atoms with van der Waals surface area (Å²) in [6, 6.07) is 26.2. The lowest BCUT2D eigenvalue weighted by molar-refractivity contribution is -0.137. The van der Waals surface area contributed by atoms with Gasteiger partial charge in [-0.25, -0.2) is 0 Å². The molecular weight excluding hydrogens is 506 g/mol. The molecule has 1 N–H and O–H groups in total. The Balaban J connectivity index is 1.23. The van der Waals surface area contributed by atoms with E-state index >= 15 is 0 Å². The van der Waals surface area contributed by atoms with Gasteiger partial charge in [0.25, 0.3) is 5.56 Å². The molecule has 6 heteroatoms. The average molecular weight is 540 g/mol. The molecule has 1 aromatic heterocycles. The number of nitrogens with zero attached hydrogens (tertiary/aromatic N) is 2. The van der Waals surface area contributed by atoms with Gasteiger partial charge in [0, 0.05) is 47.7 Å². The number of fused-ring (bicyclic) bond motifs is 1. The molecule has 6 rings (SSSR count). The van der Waals surface area contributed by atoms with Crippen molar-refractivity contribution >= 4 is 34.1 Å². The van der Waals surface area contributed by atoms with Crippen molar-refractivity contribution < 1.29 is 4.79 Å².